The van der Waals surface area contributed by atoms with Crippen LogP contribution in [-0.2, 0) is 16.1 Å². The van der Waals surface area contributed by atoms with E-state index >= 15 is 0 Å². The zero-order valence-electron chi connectivity index (χ0n) is 17.7. The number of ether oxygens (including phenoxy) is 2. The molecule has 0 heterocycles. The van der Waals surface area contributed by atoms with E-state index in [4.69, 9.17) is 9.47 Å². The lowest BCUT2D eigenvalue weighted by atomic mass is 9.59. The predicted octanol–water partition coefficient (Wildman–Crippen LogP) is 4.63. The van der Waals surface area contributed by atoms with Crippen molar-refractivity contribution in [1.82, 2.24) is 5.32 Å². The van der Waals surface area contributed by atoms with Gasteiger partial charge in [-0.1, -0.05) is 60.7 Å². The molecule has 4 nitrogen and oxygen atoms in total. The molecule has 1 amide bonds. The van der Waals surface area contributed by atoms with Gasteiger partial charge in [-0.05, 0) is 52.3 Å². The largest absolute Gasteiger partial charge is 0.497 e. The molecule has 1 atom stereocenters. The van der Waals surface area contributed by atoms with Crippen LogP contribution in [0.15, 0.2) is 72.8 Å². The van der Waals surface area contributed by atoms with E-state index in [-0.39, 0.29) is 12.5 Å². The van der Waals surface area contributed by atoms with Crippen molar-refractivity contribution in [2.24, 2.45) is 5.92 Å². The lowest BCUT2D eigenvalue weighted by Gasteiger charge is -2.45. The smallest absolute Gasteiger partial charge is 0.246 e. The summed E-state index contributed by atoms with van der Waals surface area (Å²) in [5.74, 6) is 1.89. The number of hydrogen-bond donors (Lipinski definition) is 1. The average molecular weight is 414 g/mol. The maximum absolute atomic E-state index is 12.4. The second-order valence-corrected chi connectivity index (χ2v) is 8.43. The van der Waals surface area contributed by atoms with E-state index in [0.717, 1.165) is 17.7 Å². The third-order valence-corrected chi connectivity index (χ3v) is 6.62. The molecular weight excluding hydrogens is 386 g/mol. The number of carbonyl (C=O) groups is 1. The van der Waals surface area contributed by atoms with Crippen molar-refractivity contribution in [3.8, 4) is 5.75 Å². The molecule has 0 spiro atoms. The molecule has 158 valence electrons. The summed E-state index contributed by atoms with van der Waals surface area (Å²) in [7, 11) is 1.64. The SMILES string of the molecule is COc1cccc(COCC(=O)NCC2CC3c4ccccc4C2c2ccccc23)c1. The Balaban J connectivity index is 1.21. The topological polar surface area (TPSA) is 47.6 Å². The molecule has 0 aromatic heterocycles. The van der Waals surface area contributed by atoms with Gasteiger partial charge in [0.05, 0.1) is 13.7 Å². The minimum atomic E-state index is -0.0640. The van der Waals surface area contributed by atoms with Crippen LogP contribution in [0.2, 0.25) is 0 Å². The lowest BCUT2D eigenvalue weighted by Crippen LogP contribution is -2.40. The van der Waals surface area contributed by atoms with E-state index < -0.39 is 0 Å². The van der Waals surface area contributed by atoms with E-state index in [1.165, 1.54) is 22.3 Å². The highest BCUT2D eigenvalue weighted by molar-refractivity contribution is 5.77. The van der Waals surface area contributed by atoms with Crippen molar-refractivity contribution in [2.45, 2.75) is 24.9 Å². The fourth-order valence-corrected chi connectivity index (χ4v) is 5.28. The molecule has 0 radical (unpaired) electrons. The second kappa shape index (κ2) is 8.56. The molecule has 1 N–H and O–H groups in total. The Morgan fingerprint density at radius 2 is 1.61 bits per heavy atom. The van der Waals surface area contributed by atoms with Crippen molar-refractivity contribution in [3.05, 3.63) is 101 Å². The summed E-state index contributed by atoms with van der Waals surface area (Å²) < 4.78 is 10.9. The molecule has 1 unspecified atom stereocenters. The summed E-state index contributed by atoms with van der Waals surface area (Å²) in [6.45, 7) is 1.12. The third kappa shape index (κ3) is 3.84. The van der Waals surface area contributed by atoms with Gasteiger partial charge in [0.1, 0.15) is 12.4 Å². The van der Waals surface area contributed by atoms with Gasteiger partial charge in [-0.2, -0.15) is 0 Å². The first-order chi connectivity index (χ1) is 15.2. The first-order valence-corrected chi connectivity index (χ1v) is 10.9. The molecule has 2 bridgehead atoms. The normalized spacial score (nSPS) is 20.6. The molecule has 6 rings (SSSR count). The Labute approximate surface area is 183 Å². The third-order valence-electron chi connectivity index (χ3n) is 6.62. The average Bonchev–Trinajstić information content (AvgIpc) is 2.83. The maximum Gasteiger partial charge on any atom is 0.246 e. The maximum atomic E-state index is 12.4. The van der Waals surface area contributed by atoms with Gasteiger partial charge in [0.25, 0.3) is 0 Å². The molecular formula is C27H27NO3. The molecule has 3 aromatic rings. The van der Waals surface area contributed by atoms with E-state index in [1.807, 2.05) is 24.3 Å². The number of nitrogens with one attached hydrogen (secondary N) is 1. The van der Waals surface area contributed by atoms with Crippen molar-refractivity contribution >= 4 is 5.91 Å². The number of rotatable bonds is 7. The number of methoxy groups -OCH3 is 1. The number of hydrogen-bond acceptors (Lipinski definition) is 3. The predicted molar refractivity (Wildman–Crippen MR) is 120 cm³/mol. The highest BCUT2D eigenvalue weighted by Gasteiger charge is 2.42. The Bertz CT molecular complexity index is 1050. The quantitative estimate of drug-likeness (QED) is 0.615. The fourth-order valence-electron chi connectivity index (χ4n) is 5.28. The van der Waals surface area contributed by atoms with E-state index in [9.17, 15) is 4.79 Å². The first-order valence-electron chi connectivity index (χ1n) is 10.9. The Hall–Kier alpha value is -3.11. The number of fused-ring (bicyclic) bond motifs is 1. The van der Waals surface area contributed by atoms with E-state index in [1.54, 1.807) is 7.11 Å². The Morgan fingerprint density at radius 1 is 0.935 bits per heavy atom. The van der Waals surface area contributed by atoms with Crippen LogP contribution in [0, 0.1) is 5.92 Å². The summed E-state index contributed by atoms with van der Waals surface area (Å²) in [6.07, 6.45) is 1.07. The monoisotopic (exact) mass is 413 g/mol. The number of benzene rings is 3. The molecule has 0 saturated carbocycles. The van der Waals surface area contributed by atoms with Crippen LogP contribution in [0.1, 0.15) is 46.1 Å². The van der Waals surface area contributed by atoms with E-state index in [2.05, 4.69) is 53.8 Å². The molecule has 3 aliphatic carbocycles. The minimum absolute atomic E-state index is 0.0607. The molecule has 4 heteroatoms. The van der Waals surface area contributed by atoms with Crippen LogP contribution in [0.25, 0.3) is 0 Å². The van der Waals surface area contributed by atoms with Gasteiger partial charge in [0.2, 0.25) is 5.91 Å². The van der Waals surface area contributed by atoms with Crippen molar-refractivity contribution in [1.29, 1.82) is 0 Å². The molecule has 31 heavy (non-hydrogen) atoms. The van der Waals surface area contributed by atoms with Crippen LogP contribution >= 0.6 is 0 Å². The lowest BCUT2D eigenvalue weighted by molar-refractivity contribution is -0.126. The van der Waals surface area contributed by atoms with E-state index in [0.29, 0.717) is 30.9 Å². The fraction of sp³-hybridized carbons (Fsp3) is 0.296. The Morgan fingerprint density at radius 3 is 2.29 bits per heavy atom. The standard InChI is InChI=1S/C27H27NO3/c1-30-20-8-6-7-18(13-20)16-31-17-26(29)28-15-19-14-25-21-9-2-4-11-23(21)27(19)24-12-5-3-10-22(24)25/h2-13,19,25,27H,14-17H2,1H3,(H,28,29). The highest BCUT2D eigenvalue weighted by atomic mass is 16.5. The minimum Gasteiger partial charge on any atom is -0.497 e. The van der Waals surface area contributed by atoms with Crippen molar-refractivity contribution < 1.29 is 14.3 Å². The van der Waals surface area contributed by atoms with Gasteiger partial charge in [-0.3, -0.25) is 4.79 Å². The summed E-state index contributed by atoms with van der Waals surface area (Å²) in [6, 6.07) is 25.3. The molecule has 3 aliphatic rings. The summed E-state index contributed by atoms with van der Waals surface area (Å²) in [5, 5.41) is 3.12. The molecule has 0 fully saturated rings. The molecule has 0 aliphatic heterocycles. The van der Waals surface area contributed by atoms with Gasteiger partial charge in [-0.25, -0.2) is 0 Å². The van der Waals surface area contributed by atoms with Crippen molar-refractivity contribution in [2.75, 3.05) is 20.3 Å². The van der Waals surface area contributed by atoms with Gasteiger partial charge < -0.3 is 14.8 Å². The van der Waals surface area contributed by atoms with Gasteiger partial charge in [-0.15, -0.1) is 0 Å². The zero-order valence-corrected chi connectivity index (χ0v) is 17.7. The molecule has 3 aromatic carbocycles. The van der Waals surface area contributed by atoms with Gasteiger partial charge in [0.15, 0.2) is 0 Å². The molecule has 0 saturated heterocycles. The van der Waals surface area contributed by atoms with Crippen LogP contribution in [0.3, 0.4) is 0 Å². The second-order valence-electron chi connectivity index (χ2n) is 8.43. The van der Waals surface area contributed by atoms with Gasteiger partial charge in [0, 0.05) is 18.4 Å². The first kappa shape index (κ1) is 19.8. The summed E-state index contributed by atoms with van der Waals surface area (Å²) in [4.78, 5) is 12.4. The number of amides is 1. The Kier molecular flexibility index (Phi) is 5.47. The van der Waals surface area contributed by atoms with Crippen LogP contribution in [0.5, 0.6) is 5.75 Å². The summed E-state index contributed by atoms with van der Waals surface area (Å²) >= 11 is 0. The highest BCUT2D eigenvalue weighted by Crippen LogP contribution is 2.55. The van der Waals surface area contributed by atoms with Crippen LogP contribution in [0.4, 0.5) is 0 Å². The zero-order chi connectivity index (χ0) is 21.2. The summed E-state index contributed by atoms with van der Waals surface area (Å²) in [5.41, 5.74) is 6.74. The van der Waals surface area contributed by atoms with Crippen molar-refractivity contribution in [3.63, 3.8) is 0 Å². The van der Waals surface area contributed by atoms with Crippen LogP contribution < -0.4 is 10.1 Å². The van der Waals surface area contributed by atoms with Crippen LogP contribution in [-0.4, -0.2) is 26.2 Å². The number of carbonyl (C=O) groups excluding carboxylic acids is 1. The van der Waals surface area contributed by atoms with Gasteiger partial charge >= 0.3 is 0 Å².